The highest BCUT2D eigenvalue weighted by Gasteiger charge is 2.19. The average Bonchev–Trinajstić information content (AvgIpc) is 2.90. The highest BCUT2D eigenvalue weighted by Crippen LogP contribution is 2.36. The molecule has 22 heavy (non-hydrogen) atoms. The van der Waals surface area contributed by atoms with Crippen molar-refractivity contribution in [2.24, 2.45) is 0 Å². The zero-order valence-electron chi connectivity index (χ0n) is 11.5. The second-order valence-corrected chi connectivity index (χ2v) is 6.33. The third kappa shape index (κ3) is 3.84. The maximum Gasteiger partial charge on any atom is 0.284 e. The third-order valence-corrected chi connectivity index (χ3v) is 4.69. The maximum atomic E-state index is 11.8. The van der Waals surface area contributed by atoms with Crippen molar-refractivity contribution in [1.29, 1.82) is 0 Å². The normalized spacial score (nSPS) is 10.0. The van der Waals surface area contributed by atoms with Gasteiger partial charge in [-0.1, -0.05) is 17.7 Å². The molecule has 0 fully saturated rings. The van der Waals surface area contributed by atoms with Crippen molar-refractivity contribution in [1.82, 2.24) is 10.3 Å². The first-order valence-corrected chi connectivity index (χ1v) is 7.81. The summed E-state index contributed by atoms with van der Waals surface area (Å²) >= 11 is 2.62. The Bertz CT molecular complexity index is 765. The lowest BCUT2D eigenvalue weighted by Gasteiger charge is -2.04. The summed E-state index contributed by atoms with van der Waals surface area (Å²) in [5.74, 6) is 1.83. The van der Waals surface area contributed by atoms with E-state index in [9.17, 15) is 14.9 Å². The molecule has 1 aromatic heterocycles. The molecule has 1 aromatic carbocycles. The lowest BCUT2D eigenvalue weighted by molar-refractivity contribution is -0.387. The van der Waals surface area contributed by atoms with E-state index in [1.54, 1.807) is 6.07 Å². The van der Waals surface area contributed by atoms with Crippen LogP contribution in [0, 0.1) is 29.4 Å². The second-order valence-electron chi connectivity index (χ2n) is 4.18. The molecule has 2 aromatic rings. The number of aromatic nitrogens is 1. The lowest BCUT2D eigenvalue weighted by Crippen LogP contribution is -2.23. The Morgan fingerprint density at radius 2 is 2.36 bits per heavy atom. The molecule has 0 atom stereocenters. The van der Waals surface area contributed by atoms with Crippen molar-refractivity contribution in [3.05, 3.63) is 45.0 Å². The van der Waals surface area contributed by atoms with Gasteiger partial charge in [0.15, 0.2) is 4.34 Å². The Kier molecular flexibility index (Phi) is 5.14. The van der Waals surface area contributed by atoms with Crippen LogP contribution < -0.4 is 5.32 Å². The van der Waals surface area contributed by atoms with E-state index in [2.05, 4.69) is 16.2 Å². The monoisotopic (exact) mass is 333 g/mol. The molecular formula is C14H11N3O3S2. The van der Waals surface area contributed by atoms with Gasteiger partial charge < -0.3 is 5.32 Å². The van der Waals surface area contributed by atoms with E-state index in [1.165, 1.54) is 35.2 Å². The van der Waals surface area contributed by atoms with E-state index in [-0.39, 0.29) is 17.8 Å². The van der Waals surface area contributed by atoms with Crippen molar-refractivity contribution in [3.8, 4) is 12.3 Å². The maximum absolute atomic E-state index is 11.8. The van der Waals surface area contributed by atoms with E-state index in [1.807, 2.05) is 12.3 Å². The van der Waals surface area contributed by atoms with E-state index in [0.717, 1.165) is 5.69 Å². The molecule has 0 aliphatic carbocycles. The molecule has 1 amide bonds. The van der Waals surface area contributed by atoms with Crippen LogP contribution in [0.25, 0.3) is 0 Å². The van der Waals surface area contributed by atoms with Crippen molar-refractivity contribution < 1.29 is 9.72 Å². The molecule has 8 heteroatoms. The molecule has 0 saturated carbocycles. The van der Waals surface area contributed by atoms with Gasteiger partial charge in [-0.15, -0.1) is 17.8 Å². The number of thiazole rings is 1. The molecular weight excluding hydrogens is 322 g/mol. The van der Waals surface area contributed by atoms with Crippen LogP contribution >= 0.6 is 23.1 Å². The van der Waals surface area contributed by atoms with Crippen LogP contribution in [0.5, 0.6) is 0 Å². The van der Waals surface area contributed by atoms with E-state index in [0.29, 0.717) is 9.24 Å². The SMILES string of the molecule is C#CCNC(=O)c1ccc(Sc2nc(C)cs2)c([N+](=O)[O-])c1. The molecule has 6 nitrogen and oxygen atoms in total. The largest absolute Gasteiger partial charge is 0.341 e. The number of carbonyl (C=O) groups is 1. The first-order chi connectivity index (χ1) is 10.5. The minimum absolute atomic E-state index is 0.0710. The Morgan fingerprint density at radius 1 is 1.59 bits per heavy atom. The van der Waals surface area contributed by atoms with Crippen molar-refractivity contribution in [2.75, 3.05) is 6.54 Å². The molecule has 0 spiro atoms. The van der Waals surface area contributed by atoms with Crippen molar-refractivity contribution in [3.63, 3.8) is 0 Å². The fourth-order valence-electron chi connectivity index (χ4n) is 1.59. The standard InChI is InChI=1S/C14H11N3O3S2/c1-3-6-15-13(18)10-4-5-12(11(7-10)17(19)20)22-14-16-9(2)8-21-14/h1,4-5,7-8H,6H2,2H3,(H,15,18). The zero-order valence-corrected chi connectivity index (χ0v) is 13.2. The summed E-state index contributed by atoms with van der Waals surface area (Å²) < 4.78 is 0.713. The van der Waals surface area contributed by atoms with E-state index < -0.39 is 10.8 Å². The van der Waals surface area contributed by atoms with Crippen LogP contribution in [0.3, 0.4) is 0 Å². The molecule has 0 unspecified atom stereocenters. The van der Waals surface area contributed by atoms with Gasteiger partial charge in [-0.2, -0.15) is 0 Å². The van der Waals surface area contributed by atoms with Gasteiger partial charge in [0.05, 0.1) is 16.4 Å². The molecule has 0 aliphatic heterocycles. The number of nitro groups is 1. The summed E-state index contributed by atoms with van der Waals surface area (Å²) in [6.07, 6.45) is 5.06. The Hall–Kier alpha value is -2.37. The van der Waals surface area contributed by atoms with Crippen molar-refractivity contribution >= 4 is 34.7 Å². The van der Waals surface area contributed by atoms with Gasteiger partial charge in [-0.05, 0) is 19.1 Å². The van der Waals surface area contributed by atoms with Gasteiger partial charge in [0, 0.05) is 22.7 Å². The van der Waals surface area contributed by atoms with Gasteiger partial charge in [0.25, 0.3) is 11.6 Å². The molecule has 0 bridgehead atoms. The van der Waals surface area contributed by atoms with E-state index in [4.69, 9.17) is 6.42 Å². The van der Waals surface area contributed by atoms with Crippen LogP contribution in [-0.2, 0) is 0 Å². The smallest absolute Gasteiger partial charge is 0.284 e. The van der Waals surface area contributed by atoms with Crippen LogP contribution in [-0.4, -0.2) is 22.4 Å². The van der Waals surface area contributed by atoms with Crippen LogP contribution in [0.4, 0.5) is 5.69 Å². The van der Waals surface area contributed by atoms with Crippen molar-refractivity contribution in [2.45, 2.75) is 16.2 Å². The summed E-state index contributed by atoms with van der Waals surface area (Å²) in [6.45, 7) is 1.93. The number of hydrogen-bond donors (Lipinski definition) is 1. The first kappa shape index (κ1) is 16.0. The Labute approximate surface area is 135 Å². The Morgan fingerprint density at radius 3 is 2.95 bits per heavy atom. The fraction of sp³-hybridized carbons (Fsp3) is 0.143. The number of aryl methyl sites for hydroxylation is 1. The lowest BCUT2D eigenvalue weighted by atomic mass is 10.2. The van der Waals surface area contributed by atoms with Gasteiger partial charge in [0.1, 0.15) is 0 Å². The highest BCUT2D eigenvalue weighted by molar-refractivity contribution is 8.01. The summed E-state index contributed by atoms with van der Waals surface area (Å²) in [5, 5.41) is 15.6. The number of nitrogens with zero attached hydrogens (tertiary/aromatic N) is 2. The molecule has 0 saturated heterocycles. The molecule has 1 heterocycles. The number of nitrogens with one attached hydrogen (secondary N) is 1. The second kappa shape index (κ2) is 7.06. The zero-order chi connectivity index (χ0) is 16.1. The topological polar surface area (TPSA) is 85.1 Å². The number of nitro benzene ring substituents is 1. The van der Waals surface area contributed by atoms with E-state index >= 15 is 0 Å². The summed E-state index contributed by atoms with van der Waals surface area (Å²) in [6, 6.07) is 4.32. The van der Waals surface area contributed by atoms with Crippen LogP contribution in [0.2, 0.25) is 0 Å². The molecule has 0 aliphatic rings. The minimum atomic E-state index is -0.513. The molecule has 112 valence electrons. The predicted octanol–water partition coefficient (Wildman–Crippen LogP) is 2.87. The quantitative estimate of drug-likeness (QED) is 0.516. The number of carbonyl (C=O) groups excluding carboxylic acids is 1. The first-order valence-electron chi connectivity index (χ1n) is 6.11. The van der Waals surface area contributed by atoms with Crippen LogP contribution in [0.15, 0.2) is 32.8 Å². The number of benzene rings is 1. The molecule has 0 radical (unpaired) electrons. The summed E-state index contributed by atoms with van der Waals surface area (Å²) in [4.78, 5) is 27.2. The predicted molar refractivity (Wildman–Crippen MR) is 85.2 cm³/mol. The molecule has 2 rings (SSSR count). The van der Waals surface area contributed by atoms with Gasteiger partial charge in [0.2, 0.25) is 0 Å². The third-order valence-electron chi connectivity index (χ3n) is 2.56. The van der Waals surface area contributed by atoms with Crippen LogP contribution in [0.1, 0.15) is 16.1 Å². The minimum Gasteiger partial charge on any atom is -0.341 e. The summed E-state index contributed by atoms with van der Waals surface area (Å²) in [7, 11) is 0. The van der Waals surface area contributed by atoms with Gasteiger partial charge in [-0.3, -0.25) is 14.9 Å². The Balaban J connectivity index is 2.29. The highest BCUT2D eigenvalue weighted by atomic mass is 32.2. The average molecular weight is 333 g/mol. The number of hydrogen-bond acceptors (Lipinski definition) is 6. The fourth-order valence-corrected chi connectivity index (χ4v) is 3.47. The van der Waals surface area contributed by atoms with Gasteiger partial charge in [-0.25, -0.2) is 4.98 Å². The summed E-state index contributed by atoms with van der Waals surface area (Å²) in [5.41, 5.74) is 0.924. The number of amides is 1. The molecule has 1 N–H and O–H groups in total. The number of rotatable bonds is 5. The van der Waals surface area contributed by atoms with Gasteiger partial charge >= 0.3 is 0 Å². The number of terminal acetylenes is 1.